The lowest BCUT2D eigenvalue weighted by Gasteiger charge is -2.33. The monoisotopic (exact) mass is 499 g/mol. The van der Waals surface area contributed by atoms with E-state index in [1.807, 2.05) is 25.1 Å². The molecule has 3 heterocycles. The molecule has 35 heavy (non-hydrogen) atoms. The van der Waals surface area contributed by atoms with E-state index in [0.29, 0.717) is 23.6 Å². The smallest absolute Gasteiger partial charge is 0.526 e. The van der Waals surface area contributed by atoms with Crippen molar-refractivity contribution in [2.45, 2.75) is 38.5 Å². The van der Waals surface area contributed by atoms with Crippen molar-refractivity contribution in [1.82, 2.24) is 20.1 Å². The lowest BCUT2D eigenvalue weighted by atomic mass is 9.64. The number of likely N-dealkylation sites (N-methyl/N-ethyl adjacent to an activating group) is 1. The number of carbonyl (C=O) groups excluding carboxylic acids is 4. The van der Waals surface area contributed by atoms with Crippen LogP contribution >= 0.6 is 11.3 Å². The molecule has 0 spiro atoms. The van der Waals surface area contributed by atoms with Gasteiger partial charge in [0.2, 0.25) is 0 Å². The summed E-state index contributed by atoms with van der Waals surface area (Å²) in [4.78, 5) is 57.5. The van der Waals surface area contributed by atoms with Crippen molar-refractivity contribution in [2.75, 3.05) is 25.4 Å². The lowest BCUT2D eigenvalue weighted by Crippen LogP contribution is -2.58. The predicted octanol–water partition coefficient (Wildman–Crippen LogP) is 0.920. The van der Waals surface area contributed by atoms with Gasteiger partial charge in [0.25, 0.3) is 0 Å². The topological polar surface area (TPSA) is 155 Å². The number of Topliss-reactive ketones (excluding diaryl/α,β-unsaturated/α-hetero) is 1. The fraction of sp³-hybridized carbons (Fsp3) is 0.409. The fourth-order valence-corrected chi connectivity index (χ4v) is 5.07. The van der Waals surface area contributed by atoms with Gasteiger partial charge in [0.15, 0.2) is 10.9 Å². The molecule has 0 radical (unpaired) electrons. The van der Waals surface area contributed by atoms with Crippen molar-refractivity contribution in [3.05, 3.63) is 40.4 Å². The average Bonchev–Trinajstić information content (AvgIpc) is 3.26. The van der Waals surface area contributed by atoms with Crippen molar-refractivity contribution in [1.29, 1.82) is 0 Å². The molecule has 4 rings (SSSR count). The molecule has 2 aliphatic heterocycles. The van der Waals surface area contributed by atoms with Crippen molar-refractivity contribution in [2.24, 2.45) is 0 Å². The summed E-state index contributed by atoms with van der Waals surface area (Å²) in [6, 6.07) is 3.63. The molecule has 1 fully saturated rings. The number of hydrogen-bond acceptors (Lipinski definition) is 9. The standard InChI is InChI=1S/C22H26BN5O6S/c1-3-27-7-8-28(20(31)19(27)30)22(32)26-17(16-11-25-21(24)35-16)15(29)10-14-9-13-6-4-5-12(2)18(13)34-23(14)33/h4-6,11,14,17,33H,3,7-10H2,1-2H3,(H2,24,25)(H,26,32)/t14-,17?/m1/s1. The van der Waals surface area contributed by atoms with Gasteiger partial charge in [-0.1, -0.05) is 29.5 Å². The zero-order valence-corrected chi connectivity index (χ0v) is 20.2. The van der Waals surface area contributed by atoms with Crippen molar-refractivity contribution >= 4 is 47.2 Å². The molecule has 184 valence electrons. The number of amides is 4. The van der Waals surface area contributed by atoms with Crippen LogP contribution in [0.4, 0.5) is 9.93 Å². The zero-order chi connectivity index (χ0) is 25.3. The molecule has 4 N–H and O–H groups in total. The number of anilines is 1. The summed E-state index contributed by atoms with van der Waals surface area (Å²) in [7, 11) is -1.20. The highest BCUT2D eigenvalue weighted by molar-refractivity contribution is 7.15. The third kappa shape index (κ3) is 5.00. The molecule has 0 bridgehead atoms. The molecule has 2 aliphatic rings. The quantitative estimate of drug-likeness (QED) is 0.392. The Morgan fingerprint density at radius 1 is 1.34 bits per heavy atom. The van der Waals surface area contributed by atoms with Gasteiger partial charge in [-0.05, 0) is 31.4 Å². The number of benzene rings is 1. The van der Waals surface area contributed by atoms with Crippen LogP contribution in [0.1, 0.15) is 35.4 Å². The van der Waals surface area contributed by atoms with E-state index in [1.54, 1.807) is 6.92 Å². The lowest BCUT2D eigenvalue weighted by molar-refractivity contribution is -0.153. The molecular formula is C22H26BN5O6S. The third-order valence-electron chi connectivity index (χ3n) is 6.23. The van der Waals surface area contributed by atoms with Crippen molar-refractivity contribution < 1.29 is 28.9 Å². The molecule has 11 nitrogen and oxygen atoms in total. The van der Waals surface area contributed by atoms with E-state index >= 15 is 0 Å². The van der Waals surface area contributed by atoms with Gasteiger partial charge in [-0.25, -0.2) is 9.78 Å². The number of urea groups is 1. The molecule has 2 atom stereocenters. The summed E-state index contributed by atoms with van der Waals surface area (Å²) < 4.78 is 5.68. The van der Waals surface area contributed by atoms with Crippen LogP contribution in [-0.2, 0) is 20.8 Å². The summed E-state index contributed by atoms with van der Waals surface area (Å²) in [5.41, 5.74) is 7.51. The average molecular weight is 499 g/mol. The summed E-state index contributed by atoms with van der Waals surface area (Å²) in [5, 5.41) is 13.3. The number of hydrogen-bond donors (Lipinski definition) is 3. The molecule has 1 saturated heterocycles. The molecule has 1 aromatic heterocycles. The number of thiazole rings is 1. The van der Waals surface area contributed by atoms with E-state index in [9.17, 15) is 24.2 Å². The SMILES string of the molecule is CCN1CCN(C(=O)NC(C(=O)C[C@H]2Cc3cccc(C)c3OB2O)c2cnc(N)s2)C(=O)C1=O. The van der Waals surface area contributed by atoms with Gasteiger partial charge < -0.3 is 25.6 Å². The normalized spacial score (nSPS) is 18.7. The maximum atomic E-state index is 13.4. The highest BCUT2D eigenvalue weighted by Gasteiger charge is 2.40. The van der Waals surface area contributed by atoms with Gasteiger partial charge in [0, 0.05) is 38.1 Å². The van der Waals surface area contributed by atoms with Crippen LogP contribution in [0.2, 0.25) is 5.82 Å². The second-order valence-corrected chi connectivity index (χ2v) is 9.63. The molecule has 4 amide bonds. The molecule has 13 heteroatoms. The molecule has 0 aliphatic carbocycles. The Morgan fingerprint density at radius 3 is 2.80 bits per heavy atom. The van der Waals surface area contributed by atoms with E-state index in [0.717, 1.165) is 27.4 Å². The van der Waals surface area contributed by atoms with E-state index in [-0.39, 0.29) is 24.6 Å². The minimum absolute atomic E-state index is 0.0152. The first-order valence-electron chi connectivity index (χ1n) is 11.3. The number of ketones is 1. The van der Waals surface area contributed by atoms with Gasteiger partial charge >= 0.3 is 25.0 Å². The molecule has 0 saturated carbocycles. The number of imide groups is 1. The van der Waals surface area contributed by atoms with Crippen molar-refractivity contribution in [3.8, 4) is 5.75 Å². The van der Waals surface area contributed by atoms with E-state index < -0.39 is 42.6 Å². The van der Waals surface area contributed by atoms with Crippen LogP contribution in [0.25, 0.3) is 0 Å². The second kappa shape index (κ2) is 10.0. The Labute approximate surface area is 206 Å². The number of para-hydroxylation sites is 1. The molecular weight excluding hydrogens is 473 g/mol. The summed E-state index contributed by atoms with van der Waals surface area (Å²) in [6.07, 6.45) is 1.70. The van der Waals surface area contributed by atoms with E-state index in [4.69, 9.17) is 10.4 Å². The zero-order valence-electron chi connectivity index (χ0n) is 19.4. The largest absolute Gasteiger partial charge is 0.536 e. The van der Waals surface area contributed by atoms with Gasteiger partial charge in [-0.15, -0.1) is 0 Å². The first kappa shape index (κ1) is 24.7. The van der Waals surface area contributed by atoms with Crippen LogP contribution < -0.4 is 15.7 Å². The van der Waals surface area contributed by atoms with Crippen LogP contribution in [0.5, 0.6) is 5.75 Å². The highest BCUT2D eigenvalue weighted by Crippen LogP contribution is 2.37. The Morgan fingerprint density at radius 2 is 2.11 bits per heavy atom. The number of nitrogens with one attached hydrogen (secondary N) is 1. The Bertz CT molecular complexity index is 1170. The Kier molecular flexibility index (Phi) is 7.08. The molecule has 1 aromatic carbocycles. The summed E-state index contributed by atoms with van der Waals surface area (Å²) in [6.45, 7) is 4.21. The number of fused-ring (bicyclic) bond motifs is 1. The number of nitrogens with zero attached hydrogens (tertiary/aromatic N) is 3. The maximum Gasteiger partial charge on any atom is 0.526 e. The van der Waals surface area contributed by atoms with E-state index in [2.05, 4.69) is 10.3 Å². The van der Waals surface area contributed by atoms with Crippen LogP contribution in [0.15, 0.2) is 24.4 Å². The third-order valence-corrected chi connectivity index (χ3v) is 7.12. The predicted molar refractivity (Wildman–Crippen MR) is 129 cm³/mol. The van der Waals surface area contributed by atoms with Gasteiger partial charge in [0.05, 0.1) is 4.88 Å². The maximum absolute atomic E-state index is 13.4. The number of nitrogen functional groups attached to an aromatic ring is 1. The number of rotatable bonds is 6. The van der Waals surface area contributed by atoms with Gasteiger partial charge in [-0.3, -0.25) is 19.3 Å². The van der Waals surface area contributed by atoms with Crippen LogP contribution in [-0.4, -0.2) is 70.2 Å². The number of piperazine rings is 1. The van der Waals surface area contributed by atoms with E-state index in [1.165, 1.54) is 11.1 Å². The number of nitrogens with two attached hydrogens (primary N) is 1. The Balaban J connectivity index is 1.51. The number of aryl methyl sites for hydroxylation is 1. The fourth-order valence-electron chi connectivity index (χ4n) is 4.31. The Hall–Kier alpha value is -3.45. The first-order valence-corrected chi connectivity index (χ1v) is 12.1. The van der Waals surface area contributed by atoms with Crippen LogP contribution in [0, 0.1) is 6.92 Å². The number of carbonyl (C=O) groups is 4. The van der Waals surface area contributed by atoms with Crippen molar-refractivity contribution in [3.63, 3.8) is 0 Å². The second-order valence-electron chi connectivity index (χ2n) is 8.53. The minimum Gasteiger partial charge on any atom is -0.536 e. The number of aromatic nitrogens is 1. The van der Waals surface area contributed by atoms with Crippen LogP contribution in [0.3, 0.4) is 0 Å². The summed E-state index contributed by atoms with van der Waals surface area (Å²) in [5.74, 6) is -2.06. The van der Waals surface area contributed by atoms with Gasteiger partial charge in [0.1, 0.15) is 11.8 Å². The summed E-state index contributed by atoms with van der Waals surface area (Å²) >= 11 is 1.03. The molecule has 2 aromatic rings. The first-order chi connectivity index (χ1) is 16.7. The highest BCUT2D eigenvalue weighted by atomic mass is 32.1. The molecule has 1 unspecified atom stereocenters. The van der Waals surface area contributed by atoms with Gasteiger partial charge in [-0.2, -0.15) is 0 Å². The minimum atomic E-state index is -1.20.